The van der Waals surface area contributed by atoms with Crippen LogP contribution in [-0.4, -0.2) is 43.8 Å². The number of phenols is 1. The lowest BCUT2D eigenvalue weighted by Gasteiger charge is -2.21. The molecular formula is C18H22O7. The van der Waals surface area contributed by atoms with Crippen LogP contribution in [0, 0.1) is 0 Å². The molecule has 0 bridgehead atoms. The second kappa shape index (κ2) is 7.96. The lowest BCUT2D eigenvalue weighted by molar-refractivity contribution is 0.0168. The molecule has 0 aliphatic rings. The molecule has 0 saturated carbocycles. The number of hydrogen-bond acceptors (Lipinski definition) is 7. The molecule has 0 fully saturated rings. The van der Waals surface area contributed by atoms with Gasteiger partial charge in [-0.1, -0.05) is 6.07 Å². The van der Waals surface area contributed by atoms with Crippen LogP contribution in [0.3, 0.4) is 0 Å². The molecule has 2 aromatic carbocycles. The van der Waals surface area contributed by atoms with Gasteiger partial charge in [0, 0.05) is 0 Å². The van der Waals surface area contributed by atoms with Crippen molar-refractivity contribution in [2.75, 3.05) is 28.4 Å². The molecule has 0 spiro atoms. The van der Waals surface area contributed by atoms with Gasteiger partial charge in [0.2, 0.25) is 5.75 Å². The maximum Gasteiger partial charge on any atom is 0.203 e. The van der Waals surface area contributed by atoms with Crippen molar-refractivity contribution in [3.8, 4) is 28.7 Å². The molecule has 136 valence electrons. The zero-order chi connectivity index (χ0) is 18.6. The van der Waals surface area contributed by atoms with E-state index in [4.69, 9.17) is 18.9 Å². The number of aliphatic hydroxyl groups is 2. The fraction of sp³-hybridized carbons (Fsp3) is 0.333. The topological polar surface area (TPSA) is 97.6 Å². The van der Waals surface area contributed by atoms with Gasteiger partial charge >= 0.3 is 0 Å². The van der Waals surface area contributed by atoms with E-state index >= 15 is 0 Å². The summed E-state index contributed by atoms with van der Waals surface area (Å²) >= 11 is 0. The Labute approximate surface area is 146 Å². The van der Waals surface area contributed by atoms with Crippen molar-refractivity contribution < 1.29 is 34.3 Å². The standard InChI is InChI=1S/C18H22O7/c1-22-13-6-5-10(7-12(13)19)16(20)17(21)11-8-14(23-2)18(25-4)15(9-11)24-3/h5-9,16-17,19-21H,1-4H3/t16-,17-/m1/s1. The van der Waals surface area contributed by atoms with Crippen molar-refractivity contribution in [3.63, 3.8) is 0 Å². The van der Waals surface area contributed by atoms with E-state index in [2.05, 4.69) is 0 Å². The van der Waals surface area contributed by atoms with Crippen LogP contribution in [0.25, 0.3) is 0 Å². The molecule has 0 unspecified atom stereocenters. The minimum absolute atomic E-state index is 0.129. The minimum Gasteiger partial charge on any atom is -0.504 e. The first-order valence-electron chi connectivity index (χ1n) is 7.49. The number of rotatable bonds is 7. The Bertz CT molecular complexity index is 704. The summed E-state index contributed by atoms with van der Waals surface area (Å²) in [5.41, 5.74) is 0.705. The summed E-state index contributed by atoms with van der Waals surface area (Å²) in [6, 6.07) is 7.52. The molecule has 0 amide bonds. The predicted octanol–water partition coefficient (Wildman–Crippen LogP) is 2.19. The minimum atomic E-state index is -1.28. The second-order valence-corrected chi connectivity index (χ2v) is 5.28. The SMILES string of the molecule is COc1ccc([C@@H](O)[C@H](O)c2cc(OC)c(OC)c(OC)c2)cc1O. The number of hydrogen-bond donors (Lipinski definition) is 3. The first kappa shape index (κ1) is 18.7. The summed E-state index contributed by atoms with van der Waals surface area (Å²) in [6.45, 7) is 0. The summed E-state index contributed by atoms with van der Waals surface area (Å²) in [4.78, 5) is 0. The van der Waals surface area contributed by atoms with Gasteiger partial charge in [-0.05, 0) is 35.4 Å². The Morgan fingerprint density at radius 2 is 1.20 bits per heavy atom. The molecule has 2 atom stereocenters. The number of aliphatic hydroxyl groups excluding tert-OH is 2. The van der Waals surface area contributed by atoms with Crippen LogP contribution >= 0.6 is 0 Å². The van der Waals surface area contributed by atoms with Gasteiger partial charge in [-0.3, -0.25) is 0 Å². The monoisotopic (exact) mass is 350 g/mol. The quantitative estimate of drug-likeness (QED) is 0.704. The normalized spacial score (nSPS) is 13.0. The van der Waals surface area contributed by atoms with Gasteiger partial charge in [0.25, 0.3) is 0 Å². The van der Waals surface area contributed by atoms with Crippen molar-refractivity contribution in [2.24, 2.45) is 0 Å². The van der Waals surface area contributed by atoms with Crippen molar-refractivity contribution in [1.82, 2.24) is 0 Å². The Kier molecular flexibility index (Phi) is 5.95. The first-order chi connectivity index (χ1) is 12.0. The third-order valence-electron chi connectivity index (χ3n) is 3.87. The van der Waals surface area contributed by atoms with E-state index in [-0.39, 0.29) is 11.5 Å². The summed E-state index contributed by atoms with van der Waals surface area (Å²) in [7, 11) is 5.83. The number of methoxy groups -OCH3 is 4. The van der Waals surface area contributed by atoms with Crippen molar-refractivity contribution >= 4 is 0 Å². The maximum absolute atomic E-state index is 10.5. The number of aromatic hydroxyl groups is 1. The highest BCUT2D eigenvalue weighted by Crippen LogP contribution is 2.42. The molecule has 0 radical (unpaired) electrons. The van der Waals surface area contributed by atoms with E-state index in [0.717, 1.165) is 0 Å². The molecular weight excluding hydrogens is 328 g/mol. The van der Waals surface area contributed by atoms with Crippen LogP contribution in [0.5, 0.6) is 28.7 Å². The lowest BCUT2D eigenvalue weighted by atomic mass is 9.97. The number of benzene rings is 2. The van der Waals surface area contributed by atoms with E-state index in [1.165, 1.54) is 40.6 Å². The molecule has 0 heterocycles. The Hall–Kier alpha value is -2.64. The third kappa shape index (κ3) is 3.72. The molecule has 0 aliphatic heterocycles. The lowest BCUT2D eigenvalue weighted by Crippen LogP contribution is -2.11. The Morgan fingerprint density at radius 3 is 1.64 bits per heavy atom. The first-order valence-corrected chi connectivity index (χ1v) is 7.49. The highest BCUT2D eigenvalue weighted by atomic mass is 16.5. The molecule has 3 N–H and O–H groups in total. The molecule has 0 aromatic heterocycles. The van der Waals surface area contributed by atoms with Crippen LogP contribution in [0.4, 0.5) is 0 Å². The average Bonchev–Trinajstić information content (AvgIpc) is 2.65. The van der Waals surface area contributed by atoms with Crippen molar-refractivity contribution in [2.45, 2.75) is 12.2 Å². The smallest absolute Gasteiger partial charge is 0.203 e. The van der Waals surface area contributed by atoms with E-state index in [1.807, 2.05) is 0 Å². The molecule has 2 rings (SSSR count). The Morgan fingerprint density at radius 1 is 0.680 bits per heavy atom. The Balaban J connectivity index is 2.39. The maximum atomic E-state index is 10.5. The van der Waals surface area contributed by atoms with Gasteiger partial charge in [-0.15, -0.1) is 0 Å². The van der Waals surface area contributed by atoms with Crippen LogP contribution < -0.4 is 18.9 Å². The fourth-order valence-corrected chi connectivity index (χ4v) is 2.53. The summed E-state index contributed by atoms with van der Waals surface area (Å²) in [5, 5.41) is 30.9. The highest BCUT2D eigenvalue weighted by Gasteiger charge is 2.24. The van der Waals surface area contributed by atoms with Gasteiger partial charge in [0.05, 0.1) is 28.4 Å². The summed E-state index contributed by atoms with van der Waals surface area (Å²) < 4.78 is 20.7. The largest absolute Gasteiger partial charge is 0.504 e. The van der Waals surface area contributed by atoms with E-state index in [0.29, 0.717) is 28.4 Å². The molecule has 0 saturated heterocycles. The van der Waals surface area contributed by atoms with Crippen molar-refractivity contribution in [1.29, 1.82) is 0 Å². The second-order valence-electron chi connectivity index (χ2n) is 5.28. The van der Waals surface area contributed by atoms with Gasteiger partial charge in [-0.2, -0.15) is 0 Å². The predicted molar refractivity (Wildman–Crippen MR) is 90.7 cm³/mol. The third-order valence-corrected chi connectivity index (χ3v) is 3.87. The van der Waals surface area contributed by atoms with Gasteiger partial charge < -0.3 is 34.3 Å². The molecule has 0 aliphatic carbocycles. The van der Waals surface area contributed by atoms with Crippen LogP contribution in [0.2, 0.25) is 0 Å². The molecule has 7 nitrogen and oxygen atoms in total. The molecule has 25 heavy (non-hydrogen) atoms. The molecule has 7 heteroatoms. The van der Waals surface area contributed by atoms with Crippen LogP contribution in [0.15, 0.2) is 30.3 Å². The fourth-order valence-electron chi connectivity index (χ4n) is 2.53. The van der Waals surface area contributed by atoms with Gasteiger partial charge in [0.15, 0.2) is 23.0 Å². The van der Waals surface area contributed by atoms with Crippen LogP contribution in [0.1, 0.15) is 23.3 Å². The highest BCUT2D eigenvalue weighted by molar-refractivity contribution is 5.54. The summed E-state index contributed by atoms with van der Waals surface area (Å²) in [5.74, 6) is 1.26. The van der Waals surface area contributed by atoms with E-state index in [1.54, 1.807) is 18.2 Å². The van der Waals surface area contributed by atoms with Gasteiger partial charge in [-0.25, -0.2) is 0 Å². The van der Waals surface area contributed by atoms with E-state index in [9.17, 15) is 15.3 Å². The van der Waals surface area contributed by atoms with Crippen LogP contribution in [-0.2, 0) is 0 Å². The number of ether oxygens (including phenoxy) is 4. The van der Waals surface area contributed by atoms with Crippen molar-refractivity contribution in [3.05, 3.63) is 41.5 Å². The summed E-state index contributed by atoms with van der Waals surface area (Å²) in [6.07, 6.45) is -2.55. The molecule has 2 aromatic rings. The number of phenolic OH excluding ortho intramolecular Hbond substituents is 1. The van der Waals surface area contributed by atoms with Gasteiger partial charge in [0.1, 0.15) is 12.2 Å². The average molecular weight is 350 g/mol. The van der Waals surface area contributed by atoms with E-state index < -0.39 is 12.2 Å². The zero-order valence-corrected chi connectivity index (χ0v) is 14.5. The zero-order valence-electron chi connectivity index (χ0n) is 14.5.